The van der Waals surface area contributed by atoms with E-state index in [0.717, 1.165) is 33.7 Å². The fourth-order valence-corrected chi connectivity index (χ4v) is 2.59. The number of rotatable bonds is 3. The fourth-order valence-electron chi connectivity index (χ4n) is 1.84. The van der Waals surface area contributed by atoms with Gasteiger partial charge in [0.25, 0.3) is 0 Å². The smallest absolute Gasteiger partial charge is 0.343 e. The van der Waals surface area contributed by atoms with Crippen molar-refractivity contribution in [3.05, 3.63) is 54.8 Å². The first-order valence-electron chi connectivity index (χ1n) is 5.65. The molecule has 0 aromatic heterocycles. The highest BCUT2D eigenvalue weighted by Gasteiger charge is 2.12. The van der Waals surface area contributed by atoms with Gasteiger partial charge in [-0.25, -0.2) is 4.79 Å². The van der Waals surface area contributed by atoms with Crippen LogP contribution in [0.2, 0.25) is 0 Å². The maximum atomic E-state index is 11.8. The van der Waals surface area contributed by atoms with Crippen molar-refractivity contribution in [2.45, 2.75) is 11.8 Å². The van der Waals surface area contributed by atoms with Crippen molar-refractivity contribution in [2.75, 3.05) is 0 Å². The van der Waals surface area contributed by atoms with Crippen LogP contribution < -0.4 is 0 Å². The Hall–Kier alpha value is -2.07. The van der Waals surface area contributed by atoms with Gasteiger partial charge in [-0.3, -0.25) is 4.79 Å². The predicted octanol–water partition coefficient (Wildman–Crippen LogP) is 3.78. The number of hydrogen-bond donors (Lipinski definition) is 0. The molecule has 96 valence electrons. The van der Waals surface area contributed by atoms with E-state index >= 15 is 0 Å². The number of carbonyl (C=O) groups excluding carboxylic acids is 2. The minimum Gasteiger partial charge on any atom is -0.432 e. The first-order chi connectivity index (χ1) is 9.13. The summed E-state index contributed by atoms with van der Waals surface area (Å²) in [7, 11) is 0. The van der Waals surface area contributed by atoms with Gasteiger partial charge in [0.2, 0.25) is 0 Å². The van der Waals surface area contributed by atoms with Crippen LogP contribution in [-0.4, -0.2) is 11.1 Å². The van der Waals surface area contributed by atoms with Gasteiger partial charge in [-0.05, 0) is 22.9 Å². The topological polar surface area (TPSA) is 43.4 Å². The third kappa shape index (κ3) is 2.85. The van der Waals surface area contributed by atoms with E-state index < -0.39 is 5.97 Å². The molecule has 2 rings (SSSR count). The van der Waals surface area contributed by atoms with Crippen molar-refractivity contribution >= 4 is 33.6 Å². The third-order valence-corrected chi connectivity index (χ3v) is 3.41. The molecule has 0 heterocycles. The zero-order valence-corrected chi connectivity index (χ0v) is 11.2. The molecular weight excluding hydrogens is 260 g/mol. The zero-order chi connectivity index (χ0) is 13.8. The van der Waals surface area contributed by atoms with Gasteiger partial charge < -0.3 is 4.74 Å². The molecule has 2 aromatic carbocycles. The lowest BCUT2D eigenvalue weighted by Gasteiger charge is -2.07. The van der Waals surface area contributed by atoms with Gasteiger partial charge in [0.1, 0.15) is 0 Å². The van der Waals surface area contributed by atoms with E-state index in [2.05, 4.69) is 6.58 Å². The normalized spacial score (nSPS) is 10.2. The van der Waals surface area contributed by atoms with Gasteiger partial charge >= 0.3 is 5.97 Å². The van der Waals surface area contributed by atoms with E-state index in [1.54, 1.807) is 12.1 Å². The Balaban J connectivity index is 2.60. The molecule has 0 saturated heterocycles. The van der Waals surface area contributed by atoms with Crippen molar-refractivity contribution in [1.82, 2.24) is 0 Å². The lowest BCUT2D eigenvalue weighted by molar-refractivity contribution is -0.109. The first kappa shape index (κ1) is 13.4. The second-order valence-electron chi connectivity index (χ2n) is 3.82. The molecular formula is C15H12O3S. The summed E-state index contributed by atoms with van der Waals surface area (Å²) in [4.78, 5) is 23.9. The Kier molecular flexibility index (Phi) is 4.02. The molecule has 0 spiro atoms. The second kappa shape index (κ2) is 5.71. The van der Waals surface area contributed by atoms with Crippen LogP contribution in [0.25, 0.3) is 10.8 Å². The average Bonchev–Trinajstić information content (AvgIpc) is 2.38. The Morgan fingerprint density at radius 3 is 2.53 bits per heavy atom. The van der Waals surface area contributed by atoms with Crippen LogP contribution in [0.3, 0.4) is 0 Å². The number of benzene rings is 2. The molecule has 0 bridgehead atoms. The summed E-state index contributed by atoms with van der Waals surface area (Å²) < 4.78 is 4.81. The van der Waals surface area contributed by atoms with Gasteiger partial charge in [-0.2, -0.15) is 0 Å². The lowest BCUT2D eigenvalue weighted by atomic mass is 10.0. The summed E-state index contributed by atoms with van der Waals surface area (Å²) in [6, 6.07) is 10.8. The number of esters is 1. The van der Waals surface area contributed by atoms with Crippen LogP contribution in [0.1, 0.15) is 17.3 Å². The molecule has 0 amide bonds. The summed E-state index contributed by atoms with van der Waals surface area (Å²) in [5, 5.41) is 1.63. The van der Waals surface area contributed by atoms with Crippen LogP contribution in [-0.2, 0) is 9.53 Å². The Labute approximate surface area is 115 Å². The molecule has 0 atom stereocenters. The summed E-state index contributed by atoms with van der Waals surface area (Å²) in [5.74, 6) is -0.453. The van der Waals surface area contributed by atoms with Crippen LogP contribution in [0, 0.1) is 0 Å². The number of ether oxygens (including phenoxy) is 1. The first-order valence-corrected chi connectivity index (χ1v) is 6.47. The van der Waals surface area contributed by atoms with Gasteiger partial charge in [-0.15, -0.1) is 0 Å². The largest absolute Gasteiger partial charge is 0.432 e. The van der Waals surface area contributed by atoms with Crippen molar-refractivity contribution in [1.29, 1.82) is 0 Å². The van der Waals surface area contributed by atoms with E-state index in [-0.39, 0.29) is 5.12 Å². The van der Waals surface area contributed by atoms with Crippen LogP contribution in [0.15, 0.2) is 54.1 Å². The standard InChI is InChI=1S/C15H12O3S/c1-3-18-15(17)13-8-4-7-12-11(13)6-5-9-14(12)19-10(2)16/h3-9H,1H2,2H3. The molecule has 4 heteroatoms. The average molecular weight is 272 g/mol. The van der Waals surface area contributed by atoms with E-state index in [1.165, 1.54) is 6.92 Å². The van der Waals surface area contributed by atoms with E-state index in [9.17, 15) is 9.59 Å². The van der Waals surface area contributed by atoms with Crippen molar-refractivity contribution in [2.24, 2.45) is 0 Å². The zero-order valence-electron chi connectivity index (χ0n) is 10.4. The molecule has 0 radical (unpaired) electrons. The van der Waals surface area contributed by atoms with Crippen molar-refractivity contribution in [3.63, 3.8) is 0 Å². The fraction of sp³-hybridized carbons (Fsp3) is 0.0667. The Morgan fingerprint density at radius 1 is 1.16 bits per heavy atom. The van der Waals surface area contributed by atoms with E-state index in [4.69, 9.17) is 4.74 Å². The van der Waals surface area contributed by atoms with Crippen LogP contribution in [0.4, 0.5) is 0 Å². The van der Waals surface area contributed by atoms with Gasteiger partial charge in [0.05, 0.1) is 11.8 Å². The quantitative estimate of drug-likeness (QED) is 0.484. The molecule has 0 saturated carbocycles. The molecule has 0 unspecified atom stereocenters. The lowest BCUT2D eigenvalue weighted by Crippen LogP contribution is -2.01. The van der Waals surface area contributed by atoms with E-state index in [1.807, 2.05) is 24.3 Å². The highest BCUT2D eigenvalue weighted by molar-refractivity contribution is 8.13. The Bertz CT molecular complexity index is 661. The number of thioether (sulfide) groups is 1. The highest BCUT2D eigenvalue weighted by atomic mass is 32.2. The molecule has 19 heavy (non-hydrogen) atoms. The maximum Gasteiger partial charge on any atom is 0.343 e. The van der Waals surface area contributed by atoms with Gasteiger partial charge in [0.15, 0.2) is 5.12 Å². The van der Waals surface area contributed by atoms with Gasteiger partial charge in [0, 0.05) is 11.8 Å². The molecule has 0 aliphatic rings. The minimum absolute atomic E-state index is 0.00608. The molecule has 0 aliphatic heterocycles. The summed E-state index contributed by atoms with van der Waals surface area (Å²) in [5.41, 5.74) is 0.461. The summed E-state index contributed by atoms with van der Waals surface area (Å²) >= 11 is 1.15. The molecule has 2 aromatic rings. The third-order valence-electron chi connectivity index (χ3n) is 2.55. The molecule has 0 fully saturated rings. The van der Waals surface area contributed by atoms with Crippen LogP contribution >= 0.6 is 11.8 Å². The summed E-state index contributed by atoms with van der Waals surface area (Å²) in [6.45, 7) is 4.88. The number of carbonyl (C=O) groups is 2. The predicted molar refractivity (Wildman–Crippen MR) is 76.1 cm³/mol. The molecule has 3 nitrogen and oxygen atoms in total. The van der Waals surface area contributed by atoms with Crippen LogP contribution in [0.5, 0.6) is 0 Å². The minimum atomic E-state index is -0.453. The van der Waals surface area contributed by atoms with Crippen molar-refractivity contribution in [3.8, 4) is 0 Å². The highest BCUT2D eigenvalue weighted by Crippen LogP contribution is 2.30. The van der Waals surface area contributed by atoms with E-state index in [0.29, 0.717) is 5.56 Å². The van der Waals surface area contributed by atoms with Gasteiger partial charge in [-0.1, -0.05) is 42.6 Å². The molecule has 0 aliphatic carbocycles. The Morgan fingerprint density at radius 2 is 1.84 bits per heavy atom. The monoisotopic (exact) mass is 272 g/mol. The maximum absolute atomic E-state index is 11.8. The number of fused-ring (bicyclic) bond motifs is 1. The second-order valence-corrected chi connectivity index (χ2v) is 5.04. The summed E-state index contributed by atoms with van der Waals surface area (Å²) in [6.07, 6.45) is 1.11. The number of hydrogen-bond acceptors (Lipinski definition) is 4. The SMILES string of the molecule is C=COC(=O)c1cccc2c(SC(C)=O)cccc12. The van der Waals surface area contributed by atoms with Crippen molar-refractivity contribution < 1.29 is 14.3 Å². The molecule has 0 N–H and O–H groups in total.